The molecular formula is C17H19FN4O2S. The van der Waals surface area contributed by atoms with Gasteiger partial charge in [0.15, 0.2) is 0 Å². The molecule has 0 fully saturated rings. The first kappa shape index (κ1) is 17.5. The van der Waals surface area contributed by atoms with Crippen LogP contribution in [0.3, 0.4) is 0 Å². The lowest BCUT2D eigenvalue weighted by molar-refractivity contribution is -0.135. The van der Waals surface area contributed by atoms with Crippen LogP contribution in [0, 0.1) is 12.7 Å². The molecule has 6 nitrogen and oxygen atoms in total. The first-order chi connectivity index (χ1) is 12.0. The van der Waals surface area contributed by atoms with Crippen molar-refractivity contribution in [2.24, 2.45) is 0 Å². The van der Waals surface area contributed by atoms with Crippen LogP contribution in [-0.4, -0.2) is 46.0 Å². The Morgan fingerprint density at radius 2 is 2.28 bits per heavy atom. The predicted molar refractivity (Wildman–Crippen MR) is 93.9 cm³/mol. The van der Waals surface area contributed by atoms with Gasteiger partial charge >= 0.3 is 0 Å². The summed E-state index contributed by atoms with van der Waals surface area (Å²) in [4.78, 5) is 26.4. The SMILES string of the molecule is Cc1ncsc1CCN(C)C(=O)COCc1nc2ccc(F)cc2[nH]1. The maximum Gasteiger partial charge on any atom is 0.248 e. The molecule has 0 aliphatic carbocycles. The molecule has 3 aromatic rings. The smallest absolute Gasteiger partial charge is 0.248 e. The number of nitrogens with one attached hydrogen (secondary N) is 1. The topological polar surface area (TPSA) is 71.1 Å². The molecule has 0 aliphatic heterocycles. The number of hydrogen-bond donors (Lipinski definition) is 1. The van der Waals surface area contributed by atoms with E-state index in [4.69, 9.17) is 4.74 Å². The number of carbonyl (C=O) groups is 1. The van der Waals surface area contributed by atoms with Crippen molar-refractivity contribution in [3.63, 3.8) is 0 Å². The van der Waals surface area contributed by atoms with Gasteiger partial charge in [-0.3, -0.25) is 4.79 Å². The van der Waals surface area contributed by atoms with Crippen LogP contribution in [0.2, 0.25) is 0 Å². The van der Waals surface area contributed by atoms with Gasteiger partial charge in [0.2, 0.25) is 5.91 Å². The standard InChI is InChI=1S/C17H19FN4O2S/c1-11-15(25-10-19-11)5-6-22(2)17(23)9-24-8-16-20-13-4-3-12(18)7-14(13)21-16/h3-4,7,10H,5-6,8-9H2,1-2H3,(H,20,21). The summed E-state index contributed by atoms with van der Waals surface area (Å²) < 4.78 is 18.6. The van der Waals surface area contributed by atoms with Crippen LogP contribution in [0.4, 0.5) is 4.39 Å². The summed E-state index contributed by atoms with van der Waals surface area (Å²) >= 11 is 1.60. The third kappa shape index (κ3) is 4.40. The second kappa shape index (κ2) is 7.71. The zero-order valence-corrected chi connectivity index (χ0v) is 14.9. The molecule has 0 aliphatic rings. The first-order valence-corrected chi connectivity index (χ1v) is 8.75. The van der Waals surface area contributed by atoms with Crippen LogP contribution >= 0.6 is 11.3 Å². The van der Waals surface area contributed by atoms with E-state index in [-0.39, 0.29) is 24.9 Å². The summed E-state index contributed by atoms with van der Waals surface area (Å²) in [6.07, 6.45) is 0.786. The fraction of sp³-hybridized carbons (Fsp3) is 0.353. The number of amides is 1. The number of aromatic nitrogens is 3. The van der Waals surface area contributed by atoms with E-state index in [0.29, 0.717) is 23.4 Å². The van der Waals surface area contributed by atoms with E-state index in [0.717, 1.165) is 12.1 Å². The minimum absolute atomic E-state index is 0.0242. The Hall–Kier alpha value is -2.32. The fourth-order valence-electron chi connectivity index (χ4n) is 2.41. The molecule has 2 heterocycles. The number of rotatable bonds is 7. The van der Waals surface area contributed by atoms with Crippen LogP contribution in [0.15, 0.2) is 23.7 Å². The Kier molecular flexibility index (Phi) is 5.40. The number of nitrogens with zero attached hydrogens (tertiary/aromatic N) is 3. The number of ether oxygens (including phenoxy) is 1. The molecule has 1 N–H and O–H groups in total. The third-order valence-corrected chi connectivity index (χ3v) is 4.90. The molecule has 0 bridgehead atoms. The van der Waals surface area contributed by atoms with Crippen molar-refractivity contribution in [1.82, 2.24) is 19.9 Å². The van der Waals surface area contributed by atoms with Gasteiger partial charge < -0.3 is 14.6 Å². The average Bonchev–Trinajstić information content (AvgIpc) is 3.17. The molecule has 0 saturated heterocycles. The second-order valence-corrected chi connectivity index (χ2v) is 6.70. The van der Waals surface area contributed by atoms with Crippen LogP contribution in [0.5, 0.6) is 0 Å². The molecule has 0 unspecified atom stereocenters. The lowest BCUT2D eigenvalue weighted by Gasteiger charge is -2.16. The van der Waals surface area contributed by atoms with Crippen molar-refractivity contribution in [1.29, 1.82) is 0 Å². The molecule has 132 valence electrons. The van der Waals surface area contributed by atoms with Crippen molar-refractivity contribution >= 4 is 28.3 Å². The number of aryl methyl sites for hydroxylation is 1. The van der Waals surface area contributed by atoms with Crippen LogP contribution in [-0.2, 0) is 22.6 Å². The number of benzene rings is 1. The highest BCUT2D eigenvalue weighted by Gasteiger charge is 2.11. The van der Waals surface area contributed by atoms with E-state index in [1.165, 1.54) is 17.0 Å². The number of halogens is 1. The van der Waals surface area contributed by atoms with E-state index < -0.39 is 0 Å². The van der Waals surface area contributed by atoms with E-state index >= 15 is 0 Å². The number of aromatic amines is 1. The average molecular weight is 362 g/mol. The lowest BCUT2D eigenvalue weighted by atomic mass is 10.3. The molecule has 0 radical (unpaired) electrons. The van der Waals surface area contributed by atoms with Crippen molar-refractivity contribution in [2.45, 2.75) is 20.0 Å². The minimum Gasteiger partial charge on any atom is -0.364 e. The molecule has 1 amide bonds. The molecule has 0 atom stereocenters. The van der Waals surface area contributed by atoms with Gasteiger partial charge in [-0.15, -0.1) is 11.3 Å². The molecule has 25 heavy (non-hydrogen) atoms. The van der Waals surface area contributed by atoms with Crippen LogP contribution < -0.4 is 0 Å². The van der Waals surface area contributed by atoms with Crippen molar-refractivity contribution < 1.29 is 13.9 Å². The van der Waals surface area contributed by atoms with Crippen LogP contribution in [0.1, 0.15) is 16.4 Å². The molecule has 8 heteroatoms. The van der Waals surface area contributed by atoms with Gasteiger partial charge in [0.05, 0.1) is 22.2 Å². The maximum absolute atomic E-state index is 13.2. The van der Waals surface area contributed by atoms with Crippen molar-refractivity contribution in [3.05, 3.63) is 45.9 Å². The summed E-state index contributed by atoms with van der Waals surface area (Å²) in [5.41, 5.74) is 4.11. The van der Waals surface area contributed by atoms with Gasteiger partial charge in [-0.2, -0.15) is 0 Å². The van der Waals surface area contributed by atoms with Gasteiger partial charge in [-0.25, -0.2) is 14.4 Å². The predicted octanol–water partition coefficient (Wildman–Crippen LogP) is 2.68. The molecule has 0 spiro atoms. The number of thiazole rings is 1. The van der Waals surface area contributed by atoms with E-state index in [2.05, 4.69) is 15.0 Å². The summed E-state index contributed by atoms with van der Waals surface area (Å²) in [6.45, 7) is 2.73. The third-order valence-electron chi connectivity index (χ3n) is 3.90. The molecule has 2 aromatic heterocycles. The summed E-state index contributed by atoms with van der Waals surface area (Å²) in [5.74, 6) is 0.150. The highest BCUT2D eigenvalue weighted by molar-refractivity contribution is 7.09. The number of imidazole rings is 1. The summed E-state index contributed by atoms with van der Waals surface area (Å²) in [7, 11) is 1.76. The largest absolute Gasteiger partial charge is 0.364 e. The number of H-pyrrole nitrogens is 1. The van der Waals surface area contributed by atoms with Gasteiger partial charge in [-0.1, -0.05) is 0 Å². The number of hydrogen-bond acceptors (Lipinski definition) is 5. The Bertz CT molecular complexity index is 877. The summed E-state index contributed by atoms with van der Waals surface area (Å²) in [5, 5.41) is 0. The quantitative estimate of drug-likeness (QED) is 0.701. The van der Waals surface area contributed by atoms with Gasteiger partial charge in [0, 0.05) is 24.9 Å². The highest BCUT2D eigenvalue weighted by Crippen LogP contribution is 2.14. The number of carbonyl (C=O) groups excluding carboxylic acids is 1. The van der Waals surface area contributed by atoms with Crippen molar-refractivity contribution in [2.75, 3.05) is 20.2 Å². The Labute approximate surface area is 148 Å². The number of fused-ring (bicyclic) bond motifs is 1. The Morgan fingerprint density at radius 3 is 3.04 bits per heavy atom. The number of likely N-dealkylation sites (N-methyl/N-ethyl adjacent to an activating group) is 1. The lowest BCUT2D eigenvalue weighted by Crippen LogP contribution is -2.32. The normalized spacial score (nSPS) is 11.2. The summed E-state index contributed by atoms with van der Waals surface area (Å²) in [6, 6.07) is 4.34. The van der Waals surface area contributed by atoms with E-state index in [1.54, 1.807) is 29.4 Å². The van der Waals surface area contributed by atoms with Gasteiger partial charge in [0.25, 0.3) is 0 Å². The minimum atomic E-state index is -0.323. The zero-order valence-electron chi connectivity index (χ0n) is 14.1. The zero-order chi connectivity index (χ0) is 17.8. The van der Waals surface area contributed by atoms with Crippen LogP contribution in [0.25, 0.3) is 11.0 Å². The van der Waals surface area contributed by atoms with Gasteiger partial charge in [-0.05, 0) is 25.1 Å². The first-order valence-electron chi connectivity index (χ1n) is 7.88. The van der Waals surface area contributed by atoms with Crippen molar-refractivity contribution in [3.8, 4) is 0 Å². The van der Waals surface area contributed by atoms with E-state index in [1.807, 2.05) is 12.4 Å². The molecule has 3 rings (SSSR count). The monoisotopic (exact) mass is 362 g/mol. The molecular weight excluding hydrogens is 343 g/mol. The second-order valence-electron chi connectivity index (χ2n) is 5.76. The Balaban J connectivity index is 1.45. The Morgan fingerprint density at radius 1 is 1.44 bits per heavy atom. The molecule has 0 saturated carbocycles. The highest BCUT2D eigenvalue weighted by atomic mass is 32.1. The maximum atomic E-state index is 13.2. The van der Waals surface area contributed by atoms with E-state index in [9.17, 15) is 9.18 Å². The fourth-order valence-corrected chi connectivity index (χ4v) is 3.18. The van der Waals surface area contributed by atoms with Gasteiger partial charge in [0.1, 0.15) is 24.9 Å². The molecule has 1 aromatic carbocycles.